The molecule has 196 valence electrons. The van der Waals surface area contributed by atoms with Crippen LogP contribution in [0.25, 0.3) is 0 Å². The van der Waals surface area contributed by atoms with Crippen LogP contribution in [0.1, 0.15) is 65.4 Å². The fraction of sp³-hybridized carbons (Fsp3) is 0.724. The van der Waals surface area contributed by atoms with Gasteiger partial charge in [0, 0.05) is 51.3 Å². The monoisotopic (exact) mass is 484 g/mol. The van der Waals surface area contributed by atoms with Crippen LogP contribution in [0.3, 0.4) is 0 Å². The molecular weight excluding hydrogens is 436 g/mol. The highest BCUT2D eigenvalue weighted by Crippen LogP contribution is 2.26. The molecule has 2 heterocycles. The van der Waals surface area contributed by atoms with Gasteiger partial charge in [-0.3, -0.25) is 9.59 Å². The third-order valence-corrected chi connectivity index (χ3v) is 7.35. The minimum Gasteiger partial charge on any atom is -0.337 e. The molecule has 6 nitrogen and oxygen atoms in total. The molecule has 0 saturated carbocycles. The molecule has 0 aliphatic carbocycles. The largest absolute Gasteiger partial charge is 0.337 e. The van der Waals surface area contributed by atoms with Crippen LogP contribution in [0.15, 0.2) is 24.3 Å². The Balaban J connectivity index is 1.85. The van der Waals surface area contributed by atoms with Crippen molar-refractivity contribution >= 4 is 17.5 Å². The summed E-state index contributed by atoms with van der Waals surface area (Å²) in [6.07, 6.45) is 4.32. The molecule has 2 aliphatic rings. The lowest BCUT2D eigenvalue weighted by molar-refractivity contribution is -0.133. The molecule has 6 heteroatoms. The first kappa shape index (κ1) is 27.7. The zero-order chi connectivity index (χ0) is 25.4. The minimum absolute atomic E-state index is 0.186. The van der Waals surface area contributed by atoms with E-state index in [1.54, 1.807) is 0 Å². The number of para-hydroxylation sites is 1. The third kappa shape index (κ3) is 8.60. The Morgan fingerprint density at radius 3 is 2.29 bits per heavy atom. The van der Waals surface area contributed by atoms with E-state index in [0.29, 0.717) is 37.1 Å². The summed E-state index contributed by atoms with van der Waals surface area (Å²) in [5, 5.41) is 0. The first-order chi connectivity index (χ1) is 16.7. The number of carbonyl (C=O) groups excluding carboxylic acids is 2. The summed E-state index contributed by atoms with van der Waals surface area (Å²) in [4.78, 5) is 35.8. The molecular formula is C29H48N4O2. The van der Waals surface area contributed by atoms with E-state index < -0.39 is 0 Å². The number of amides is 2. The molecule has 0 atom stereocenters. The van der Waals surface area contributed by atoms with Gasteiger partial charge in [-0.05, 0) is 75.3 Å². The van der Waals surface area contributed by atoms with Crippen molar-refractivity contribution in [2.24, 2.45) is 17.8 Å². The van der Waals surface area contributed by atoms with Gasteiger partial charge in [0.1, 0.15) is 0 Å². The molecule has 1 fully saturated rings. The van der Waals surface area contributed by atoms with Crippen molar-refractivity contribution in [2.75, 3.05) is 57.8 Å². The second-order valence-corrected chi connectivity index (χ2v) is 11.6. The summed E-state index contributed by atoms with van der Waals surface area (Å²) >= 11 is 0. The van der Waals surface area contributed by atoms with Gasteiger partial charge in [0.15, 0.2) is 0 Å². The summed E-state index contributed by atoms with van der Waals surface area (Å²) in [7, 11) is 2.17. The molecule has 35 heavy (non-hydrogen) atoms. The van der Waals surface area contributed by atoms with Gasteiger partial charge in [-0.2, -0.15) is 0 Å². The van der Waals surface area contributed by atoms with Crippen molar-refractivity contribution in [3.05, 3.63) is 29.8 Å². The lowest BCUT2D eigenvalue weighted by atomic mass is 9.93. The Morgan fingerprint density at radius 1 is 0.886 bits per heavy atom. The Labute approximate surface area is 213 Å². The van der Waals surface area contributed by atoms with Gasteiger partial charge in [0.25, 0.3) is 0 Å². The lowest BCUT2D eigenvalue weighted by Gasteiger charge is -2.32. The zero-order valence-corrected chi connectivity index (χ0v) is 22.8. The summed E-state index contributed by atoms with van der Waals surface area (Å²) < 4.78 is 0. The minimum atomic E-state index is 0.186. The number of fused-ring (bicyclic) bond motifs is 1. The summed E-state index contributed by atoms with van der Waals surface area (Å²) in [6, 6.07) is 8.22. The van der Waals surface area contributed by atoms with E-state index >= 15 is 0 Å². The summed E-state index contributed by atoms with van der Waals surface area (Å²) in [5.41, 5.74) is 2.06. The van der Waals surface area contributed by atoms with Crippen LogP contribution in [0.4, 0.5) is 5.69 Å². The van der Waals surface area contributed by atoms with Crippen molar-refractivity contribution in [3.8, 4) is 0 Å². The fourth-order valence-electron chi connectivity index (χ4n) is 5.41. The average molecular weight is 485 g/mol. The number of nitrogens with zero attached hydrogens (tertiary/aromatic N) is 4. The van der Waals surface area contributed by atoms with Gasteiger partial charge >= 0.3 is 0 Å². The maximum absolute atomic E-state index is 13.6. The molecule has 1 aromatic rings. The zero-order valence-electron chi connectivity index (χ0n) is 22.8. The molecule has 2 amide bonds. The molecule has 0 N–H and O–H groups in total. The number of rotatable bonds is 6. The number of anilines is 1. The van der Waals surface area contributed by atoms with Crippen LogP contribution >= 0.6 is 0 Å². The molecule has 1 aromatic carbocycles. The predicted molar refractivity (Wildman–Crippen MR) is 144 cm³/mol. The van der Waals surface area contributed by atoms with Crippen LogP contribution in [-0.2, 0) is 16.1 Å². The Hall–Kier alpha value is -1.92. The van der Waals surface area contributed by atoms with Crippen molar-refractivity contribution in [2.45, 2.75) is 66.3 Å². The Bertz CT molecular complexity index is 817. The molecule has 0 unspecified atom stereocenters. The van der Waals surface area contributed by atoms with Crippen LogP contribution in [0, 0.1) is 17.8 Å². The van der Waals surface area contributed by atoms with Gasteiger partial charge in [-0.15, -0.1) is 0 Å². The van der Waals surface area contributed by atoms with Gasteiger partial charge in [0.2, 0.25) is 11.8 Å². The average Bonchev–Trinajstić information content (AvgIpc) is 2.83. The third-order valence-electron chi connectivity index (χ3n) is 7.35. The first-order valence-electron chi connectivity index (χ1n) is 13.8. The summed E-state index contributed by atoms with van der Waals surface area (Å²) in [5.74, 6) is 1.81. The van der Waals surface area contributed by atoms with Crippen molar-refractivity contribution in [1.29, 1.82) is 0 Å². The molecule has 0 spiro atoms. The molecule has 0 bridgehead atoms. The van der Waals surface area contributed by atoms with E-state index in [0.717, 1.165) is 76.3 Å². The highest BCUT2D eigenvalue weighted by atomic mass is 16.2. The topological polar surface area (TPSA) is 47.1 Å². The number of hydrogen-bond acceptors (Lipinski definition) is 4. The van der Waals surface area contributed by atoms with E-state index in [-0.39, 0.29) is 11.8 Å². The lowest BCUT2D eigenvalue weighted by Crippen LogP contribution is -2.41. The van der Waals surface area contributed by atoms with E-state index in [4.69, 9.17) is 0 Å². The number of hydrogen-bond donors (Lipinski definition) is 0. The van der Waals surface area contributed by atoms with Crippen LogP contribution in [0.2, 0.25) is 0 Å². The predicted octanol–water partition coefficient (Wildman–Crippen LogP) is 4.49. The standard InChI is InChI=1S/C29H48N4O2/c1-23(2)19-29(35)33-14-8-13-31(21-24(3)4)17-18-32(22-26-9-6-7-10-27(26)33)28(34)20-25-11-15-30(5)16-12-25/h6-7,9-10,23-25H,8,11-22H2,1-5H3. The highest BCUT2D eigenvalue weighted by molar-refractivity contribution is 5.94. The van der Waals surface area contributed by atoms with Gasteiger partial charge in [-0.25, -0.2) is 0 Å². The molecule has 1 saturated heterocycles. The number of benzene rings is 1. The van der Waals surface area contributed by atoms with E-state index in [1.165, 1.54) is 0 Å². The van der Waals surface area contributed by atoms with Gasteiger partial charge in [-0.1, -0.05) is 45.9 Å². The maximum atomic E-state index is 13.6. The maximum Gasteiger partial charge on any atom is 0.227 e. The number of carbonyl (C=O) groups is 2. The fourth-order valence-corrected chi connectivity index (χ4v) is 5.41. The first-order valence-corrected chi connectivity index (χ1v) is 13.8. The quantitative estimate of drug-likeness (QED) is 0.597. The SMILES string of the molecule is CC(C)CC(=O)N1CCCN(CC(C)C)CCN(C(=O)CC2CCN(C)CC2)Cc2ccccc21. The molecule has 2 aliphatic heterocycles. The van der Waals surface area contributed by atoms with Gasteiger partial charge < -0.3 is 19.6 Å². The smallest absolute Gasteiger partial charge is 0.227 e. The van der Waals surface area contributed by atoms with E-state index in [9.17, 15) is 9.59 Å². The van der Waals surface area contributed by atoms with Crippen molar-refractivity contribution in [3.63, 3.8) is 0 Å². The molecule has 3 rings (SSSR count). The second kappa shape index (κ2) is 13.4. The van der Waals surface area contributed by atoms with Gasteiger partial charge in [0.05, 0.1) is 0 Å². The van der Waals surface area contributed by atoms with Crippen LogP contribution in [0.5, 0.6) is 0 Å². The highest BCUT2D eigenvalue weighted by Gasteiger charge is 2.26. The van der Waals surface area contributed by atoms with Crippen LogP contribution < -0.4 is 4.90 Å². The summed E-state index contributed by atoms with van der Waals surface area (Å²) in [6.45, 7) is 15.8. The molecule has 0 aromatic heterocycles. The van der Waals surface area contributed by atoms with Crippen LogP contribution in [-0.4, -0.2) is 79.4 Å². The molecule has 0 radical (unpaired) electrons. The van der Waals surface area contributed by atoms with Crippen molar-refractivity contribution in [1.82, 2.24) is 14.7 Å². The number of piperidine rings is 1. The number of likely N-dealkylation sites (tertiary alicyclic amines) is 1. The Kier molecular flexibility index (Phi) is 10.6. The second-order valence-electron chi connectivity index (χ2n) is 11.6. The normalized spacial score (nSPS) is 19.6. The van der Waals surface area contributed by atoms with E-state index in [1.807, 2.05) is 17.0 Å². The van der Waals surface area contributed by atoms with E-state index in [2.05, 4.69) is 61.6 Å². The Morgan fingerprint density at radius 2 is 1.60 bits per heavy atom. The van der Waals surface area contributed by atoms with Crippen molar-refractivity contribution < 1.29 is 9.59 Å².